The van der Waals surface area contributed by atoms with Crippen molar-refractivity contribution in [2.24, 2.45) is 0 Å². The monoisotopic (exact) mass is 291 g/mol. The molecule has 107 valence electrons. The Balaban J connectivity index is 1.86. The smallest absolute Gasteiger partial charge is 0.0814 e. The van der Waals surface area contributed by atoms with Crippen LogP contribution in [0.2, 0.25) is 0 Å². The van der Waals surface area contributed by atoms with E-state index in [2.05, 4.69) is 98.3 Å². The molecule has 0 amide bonds. The summed E-state index contributed by atoms with van der Waals surface area (Å²) in [6, 6.07) is 34.1. The molecule has 1 heteroatoms. The van der Waals surface area contributed by atoms with E-state index in [9.17, 15) is 0 Å². The van der Waals surface area contributed by atoms with Crippen LogP contribution in [0.15, 0.2) is 97.1 Å². The highest BCUT2D eigenvalue weighted by molar-refractivity contribution is 6.69. The molecule has 0 saturated heterocycles. The third-order valence-electron chi connectivity index (χ3n) is 4.16. The zero-order chi connectivity index (χ0) is 15.5. The van der Waals surface area contributed by atoms with E-state index >= 15 is 0 Å². The molecule has 0 unspecified atom stereocenters. The van der Waals surface area contributed by atoms with Gasteiger partial charge in [-0.05, 0) is 21.9 Å². The van der Waals surface area contributed by atoms with Crippen LogP contribution in [0.25, 0.3) is 21.9 Å². The second-order valence-corrected chi connectivity index (χ2v) is 5.67. The average Bonchev–Trinajstić information content (AvgIpc) is 2.64. The Labute approximate surface area is 137 Å². The van der Waals surface area contributed by atoms with Crippen LogP contribution in [0.5, 0.6) is 0 Å². The molecule has 0 spiro atoms. The predicted octanol–water partition coefficient (Wildman–Crippen LogP) is 4.16. The van der Waals surface area contributed by atoms with E-state index in [1.807, 2.05) is 6.07 Å². The lowest BCUT2D eigenvalue weighted by atomic mass is 9.62. The minimum atomic E-state index is 1.23. The molecule has 0 aliphatic rings. The first kappa shape index (κ1) is 13.8. The van der Waals surface area contributed by atoms with Gasteiger partial charge in [0.25, 0.3) is 0 Å². The number of hydrogen-bond donors (Lipinski definition) is 0. The number of rotatable bonds is 3. The van der Waals surface area contributed by atoms with Crippen molar-refractivity contribution >= 4 is 29.0 Å². The summed E-state index contributed by atoms with van der Waals surface area (Å²) in [5, 5.41) is 2.58. The van der Waals surface area contributed by atoms with Crippen molar-refractivity contribution in [1.82, 2.24) is 0 Å². The number of fused-ring (bicyclic) bond motifs is 1. The quantitative estimate of drug-likeness (QED) is 0.497. The highest BCUT2D eigenvalue weighted by Crippen LogP contribution is 2.27. The van der Waals surface area contributed by atoms with Gasteiger partial charge in [0.05, 0.1) is 0 Å². The molecular weight excluding hydrogens is 275 g/mol. The van der Waals surface area contributed by atoms with E-state index in [1.54, 1.807) is 0 Å². The summed E-state index contributed by atoms with van der Waals surface area (Å²) in [6.45, 7) is 0. The van der Waals surface area contributed by atoms with Gasteiger partial charge in [-0.1, -0.05) is 108 Å². The van der Waals surface area contributed by atoms with Gasteiger partial charge in [-0.2, -0.15) is 0 Å². The first-order chi connectivity index (χ1) is 11.4. The largest absolute Gasteiger partial charge is 0.192 e. The normalized spacial score (nSPS) is 10.6. The van der Waals surface area contributed by atoms with Gasteiger partial charge in [-0.15, -0.1) is 0 Å². The molecule has 0 N–H and O–H groups in total. The van der Waals surface area contributed by atoms with Gasteiger partial charge in [0.1, 0.15) is 0 Å². The van der Waals surface area contributed by atoms with Crippen LogP contribution in [-0.2, 0) is 0 Å². The highest BCUT2D eigenvalue weighted by Gasteiger charge is 2.08. The molecule has 0 bridgehead atoms. The zero-order valence-corrected chi connectivity index (χ0v) is 12.8. The summed E-state index contributed by atoms with van der Waals surface area (Å²) < 4.78 is 0. The van der Waals surface area contributed by atoms with Crippen molar-refractivity contribution in [3.8, 4) is 11.1 Å². The maximum absolute atomic E-state index is 2.25. The summed E-state index contributed by atoms with van der Waals surface area (Å²) >= 11 is 0. The van der Waals surface area contributed by atoms with Crippen LogP contribution in [0.1, 0.15) is 0 Å². The summed E-state index contributed by atoms with van der Waals surface area (Å²) in [6.07, 6.45) is 0. The fourth-order valence-electron chi connectivity index (χ4n) is 3.05. The van der Waals surface area contributed by atoms with Crippen molar-refractivity contribution in [2.75, 3.05) is 0 Å². The van der Waals surface area contributed by atoms with E-state index in [1.165, 1.54) is 32.8 Å². The number of hydrogen-bond acceptors (Lipinski definition) is 0. The highest BCUT2D eigenvalue weighted by atomic mass is 14.1. The Morgan fingerprint density at radius 1 is 0.478 bits per heavy atom. The molecule has 0 aliphatic carbocycles. The standard InChI is InChI=1S/C22H16B/c1-3-9-17(10-4-1)19-15-16-22(21-14-8-7-13-20(19)21)23-18-11-5-2-6-12-18/h1-16H. The zero-order valence-electron chi connectivity index (χ0n) is 12.8. The lowest BCUT2D eigenvalue weighted by Gasteiger charge is -2.11. The minimum Gasteiger partial charge on any atom is -0.0814 e. The number of benzene rings is 4. The van der Waals surface area contributed by atoms with Crippen LogP contribution in [-0.4, -0.2) is 7.28 Å². The van der Waals surface area contributed by atoms with Gasteiger partial charge in [-0.3, -0.25) is 0 Å². The minimum absolute atomic E-state index is 1.23. The first-order valence-corrected chi connectivity index (χ1v) is 7.89. The van der Waals surface area contributed by atoms with Crippen LogP contribution >= 0.6 is 0 Å². The molecule has 0 aromatic heterocycles. The summed E-state index contributed by atoms with van der Waals surface area (Å²) in [7, 11) is 2.25. The second-order valence-electron chi connectivity index (χ2n) is 5.67. The maximum atomic E-state index is 2.25. The second kappa shape index (κ2) is 6.14. The fraction of sp³-hybridized carbons (Fsp3) is 0. The Morgan fingerprint density at radius 3 is 1.83 bits per heavy atom. The van der Waals surface area contributed by atoms with Crippen molar-refractivity contribution in [2.45, 2.75) is 0 Å². The summed E-state index contributed by atoms with van der Waals surface area (Å²) in [5.74, 6) is 0. The van der Waals surface area contributed by atoms with Crippen LogP contribution in [0.3, 0.4) is 0 Å². The Kier molecular flexibility index (Phi) is 3.69. The molecule has 0 nitrogen and oxygen atoms in total. The first-order valence-electron chi connectivity index (χ1n) is 7.89. The van der Waals surface area contributed by atoms with Crippen molar-refractivity contribution in [1.29, 1.82) is 0 Å². The summed E-state index contributed by atoms with van der Waals surface area (Å²) in [5.41, 5.74) is 5.03. The lowest BCUT2D eigenvalue weighted by molar-refractivity contribution is 1.66. The van der Waals surface area contributed by atoms with E-state index in [4.69, 9.17) is 0 Å². The molecule has 0 aliphatic heterocycles. The van der Waals surface area contributed by atoms with Gasteiger partial charge < -0.3 is 0 Å². The Bertz CT molecular complexity index is 928. The summed E-state index contributed by atoms with van der Waals surface area (Å²) in [4.78, 5) is 0. The van der Waals surface area contributed by atoms with Crippen molar-refractivity contribution < 1.29 is 0 Å². The van der Waals surface area contributed by atoms with Crippen molar-refractivity contribution in [3.05, 3.63) is 97.1 Å². The van der Waals surface area contributed by atoms with Crippen LogP contribution < -0.4 is 10.9 Å². The van der Waals surface area contributed by atoms with Crippen LogP contribution in [0.4, 0.5) is 0 Å². The molecule has 1 radical (unpaired) electrons. The molecule has 4 aromatic rings. The lowest BCUT2D eigenvalue weighted by Crippen LogP contribution is -2.27. The fourth-order valence-corrected chi connectivity index (χ4v) is 3.05. The molecule has 4 aromatic carbocycles. The van der Waals surface area contributed by atoms with E-state index in [0.717, 1.165) is 0 Å². The molecule has 23 heavy (non-hydrogen) atoms. The van der Waals surface area contributed by atoms with Gasteiger partial charge in [-0.25, -0.2) is 0 Å². The van der Waals surface area contributed by atoms with E-state index < -0.39 is 0 Å². The van der Waals surface area contributed by atoms with Gasteiger partial charge >= 0.3 is 0 Å². The van der Waals surface area contributed by atoms with Crippen molar-refractivity contribution in [3.63, 3.8) is 0 Å². The van der Waals surface area contributed by atoms with Gasteiger partial charge in [0.15, 0.2) is 7.28 Å². The molecule has 0 atom stereocenters. The third kappa shape index (κ3) is 2.78. The molecule has 0 fully saturated rings. The van der Waals surface area contributed by atoms with Gasteiger partial charge in [0, 0.05) is 0 Å². The molecule has 0 saturated carbocycles. The molecule has 4 rings (SSSR count). The molecular formula is C22H16B. The third-order valence-corrected chi connectivity index (χ3v) is 4.16. The van der Waals surface area contributed by atoms with E-state index in [0.29, 0.717) is 0 Å². The van der Waals surface area contributed by atoms with Gasteiger partial charge in [0.2, 0.25) is 0 Å². The van der Waals surface area contributed by atoms with E-state index in [-0.39, 0.29) is 0 Å². The SMILES string of the molecule is [B](c1ccccc1)c1ccc(-c2ccccc2)c2ccccc12. The Morgan fingerprint density at radius 2 is 1.09 bits per heavy atom. The average molecular weight is 291 g/mol. The Hall–Kier alpha value is -2.80. The van der Waals surface area contributed by atoms with Crippen LogP contribution in [0, 0.1) is 0 Å². The topological polar surface area (TPSA) is 0 Å². The predicted molar refractivity (Wildman–Crippen MR) is 101 cm³/mol. The maximum Gasteiger partial charge on any atom is 0.192 e. The molecule has 0 heterocycles.